The number of nitrogens with one attached hydrogen (secondary N) is 2. The molecule has 142 valence electrons. The van der Waals surface area contributed by atoms with E-state index in [1.165, 1.54) is 0 Å². The SMILES string of the molecule is CCc1cccc(C)c1NC(=O)c1cccc(C(=O)NCc2ccncc2)n1. The van der Waals surface area contributed by atoms with Gasteiger partial charge in [-0.3, -0.25) is 14.6 Å². The molecule has 0 aliphatic rings. The van der Waals surface area contributed by atoms with Crippen LogP contribution in [0.3, 0.4) is 0 Å². The third-order valence-electron chi connectivity index (χ3n) is 4.40. The molecule has 6 heteroatoms. The molecular weight excluding hydrogens is 352 g/mol. The number of pyridine rings is 2. The number of para-hydroxylation sites is 1. The number of hydrogen-bond acceptors (Lipinski definition) is 4. The number of aromatic nitrogens is 2. The number of rotatable bonds is 6. The van der Waals surface area contributed by atoms with Crippen LogP contribution in [0.1, 0.15) is 44.6 Å². The molecule has 0 fully saturated rings. The van der Waals surface area contributed by atoms with E-state index in [4.69, 9.17) is 0 Å². The van der Waals surface area contributed by atoms with E-state index in [0.717, 1.165) is 28.8 Å². The average molecular weight is 374 g/mol. The van der Waals surface area contributed by atoms with E-state index in [1.54, 1.807) is 30.6 Å². The van der Waals surface area contributed by atoms with Crippen LogP contribution in [0.25, 0.3) is 0 Å². The molecule has 2 amide bonds. The first kappa shape index (κ1) is 19.2. The van der Waals surface area contributed by atoms with Gasteiger partial charge in [-0.15, -0.1) is 0 Å². The van der Waals surface area contributed by atoms with Gasteiger partial charge in [0.25, 0.3) is 11.8 Å². The van der Waals surface area contributed by atoms with E-state index >= 15 is 0 Å². The molecule has 6 nitrogen and oxygen atoms in total. The van der Waals surface area contributed by atoms with Crippen molar-refractivity contribution in [2.45, 2.75) is 26.8 Å². The van der Waals surface area contributed by atoms with Crippen LogP contribution in [0, 0.1) is 6.92 Å². The topological polar surface area (TPSA) is 84.0 Å². The van der Waals surface area contributed by atoms with Crippen molar-refractivity contribution in [1.82, 2.24) is 15.3 Å². The average Bonchev–Trinajstić information content (AvgIpc) is 2.74. The first-order valence-electron chi connectivity index (χ1n) is 9.12. The fraction of sp³-hybridized carbons (Fsp3) is 0.182. The van der Waals surface area contributed by atoms with Crippen molar-refractivity contribution in [2.75, 3.05) is 5.32 Å². The Kier molecular flexibility index (Phi) is 6.11. The van der Waals surface area contributed by atoms with Gasteiger partial charge in [0.2, 0.25) is 0 Å². The molecule has 0 bridgehead atoms. The second-order valence-electron chi connectivity index (χ2n) is 6.36. The normalized spacial score (nSPS) is 10.4. The van der Waals surface area contributed by atoms with Crippen LogP contribution >= 0.6 is 0 Å². The number of carbonyl (C=O) groups is 2. The third-order valence-corrected chi connectivity index (χ3v) is 4.40. The molecule has 0 aliphatic heterocycles. The van der Waals surface area contributed by atoms with Gasteiger partial charge in [-0.2, -0.15) is 0 Å². The number of aryl methyl sites for hydroxylation is 2. The summed E-state index contributed by atoms with van der Waals surface area (Å²) in [4.78, 5) is 33.2. The Bertz CT molecular complexity index is 987. The second-order valence-corrected chi connectivity index (χ2v) is 6.36. The Labute approximate surface area is 164 Å². The minimum Gasteiger partial charge on any atom is -0.347 e. The molecular formula is C22H22N4O2. The highest BCUT2D eigenvalue weighted by molar-refractivity contribution is 6.04. The van der Waals surface area contributed by atoms with Crippen molar-refractivity contribution in [1.29, 1.82) is 0 Å². The second kappa shape index (κ2) is 8.90. The van der Waals surface area contributed by atoms with Crippen LogP contribution in [0.15, 0.2) is 60.9 Å². The first-order valence-corrected chi connectivity index (χ1v) is 9.12. The zero-order chi connectivity index (χ0) is 19.9. The zero-order valence-electron chi connectivity index (χ0n) is 15.9. The smallest absolute Gasteiger partial charge is 0.274 e. The Morgan fingerprint density at radius 3 is 2.32 bits per heavy atom. The molecule has 0 saturated heterocycles. The highest BCUT2D eigenvalue weighted by atomic mass is 16.2. The quantitative estimate of drug-likeness (QED) is 0.691. The summed E-state index contributed by atoms with van der Waals surface area (Å²) in [5, 5.41) is 5.73. The fourth-order valence-corrected chi connectivity index (χ4v) is 2.84. The Morgan fingerprint density at radius 2 is 1.61 bits per heavy atom. The van der Waals surface area contributed by atoms with Gasteiger partial charge in [0.05, 0.1) is 0 Å². The predicted molar refractivity (Wildman–Crippen MR) is 108 cm³/mol. The Morgan fingerprint density at radius 1 is 0.929 bits per heavy atom. The van der Waals surface area contributed by atoms with Crippen LogP contribution < -0.4 is 10.6 Å². The van der Waals surface area contributed by atoms with Crippen LogP contribution in [0.2, 0.25) is 0 Å². The van der Waals surface area contributed by atoms with Crippen LogP contribution in [-0.4, -0.2) is 21.8 Å². The summed E-state index contributed by atoms with van der Waals surface area (Å²) in [6.07, 6.45) is 4.14. The lowest BCUT2D eigenvalue weighted by Gasteiger charge is -2.13. The van der Waals surface area contributed by atoms with Crippen molar-refractivity contribution in [3.63, 3.8) is 0 Å². The van der Waals surface area contributed by atoms with Crippen LogP contribution in [-0.2, 0) is 13.0 Å². The summed E-state index contributed by atoms with van der Waals surface area (Å²) >= 11 is 0. The first-order chi connectivity index (χ1) is 13.6. The zero-order valence-corrected chi connectivity index (χ0v) is 15.9. The molecule has 0 spiro atoms. The summed E-state index contributed by atoms with van der Waals surface area (Å²) in [6, 6.07) is 14.4. The summed E-state index contributed by atoms with van der Waals surface area (Å²) in [5.41, 5.74) is 4.16. The van der Waals surface area contributed by atoms with E-state index in [9.17, 15) is 9.59 Å². The van der Waals surface area contributed by atoms with E-state index in [0.29, 0.717) is 6.54 Å². The molecule has 0 aliphatic carbocycles. The van der Waals surface area contributed by atoms with Crippen LogP contribution in [0.5, 0.6) is 0 Å². The molecule has 3 aromatic rings. The van der Waals surface area contributed by atoms with E-state index < -0.39 is 0 Å². The molecule has 2 heterocycles. The van der Waals surface area contributed by atoms with Gasteiger partial charge >= 0.3 is 0 Å². The molecule has 0 atom stereocenters. The maximum atomic E-state index is 12.7. The predicted octanol–water partition coefficient (Wildman–Crippen LogP) is 3.53. The van der Waals surface area contributed by atoms with Crippen molar-refractivity contribution >= 4 is 17.5 Å². The van der Waals surface area contributed by atoms with Gasteiger partial charge in [-0.1, -0.05) is 31.2 Å². The van der Waals surface area contributed by atoms with Gasteiger partial charge in [-0.05, 0) is 54.3 Å². The number of carbonyl (C=O) groups excluding carboxylic acids is 2. The highest BCUT2D eigenvalue weighted by Gasteiger charge is 2.14. The molecule has 0 radical (unpaired) electrons. The van der Waals surface area contributed by atoms with Crippen LogP contribution in [0.4, 0.5) is 5.69 Å². The molecule has 2 aromatic heterocycles. The Balaban J connectivity index is 1.72. The van der Waals surface area contributed by atoms with E-state index in [1.807, 2.05) is 44.2 Å². The largest absolute Gasteiger partial charge is 0.347 e. The van der Waals surface area contributed by atoms with Gasteiger partial charge in [0, 0.05) is 24.6 Å². The standard InChI is InChI=1S/C22H22N4O2/c1-3-17-7-4-6-15(2)20(17)26-22(28)19-9-5-8-18(25-19)21(27)24-14-16-10-12-23-13-11-16/h4-13H,3,14H2,1-2H3,(H,24,27)(H,26,28). The molecule has 28 heavy (non-hydrogen) atoms. The minimum absolute atomic E-state index is 0.196. The minimum atomic E-state index is -0.340. The maximum Gasteiger partial charge on any atom is 0.274 e. The molecule has 0 saturated carbocycles. The summed E-state index contributed by atoms with van der Waals surface area (Å²) in [6.45, 7) is 4.35. The monoisotopic (exact) mass is 374 g/mol. The van der Waals surface area contributed by atoms with E-state index in [2.05, 4.69) is 20.6 Å². The van der Waals surface area contributed by atoms with Gasteiger partial charge in [0.1, 0.15) is 11.4 Å². The maximum absolute atomic E-state index is 12.7. The van der Waals surface area contributed by atoms with Gasteiger partial charge < -0.3 is 10.6 Å². The number of hydrogen-bond donors (Lipinski definition) is 2. The molecule has 3 rings (SSSR count). The van der Waals surface area contributed by atoms with Gasteiger partial charge in [0.15, 0.2) is 0 Å². The summed E-state index contributed by atoms with van der Waals surface area (Å²) < 4.78 is 0. The lowest BCUT2D eigenvalue weighted by atomic mass is 10.1. The van der Waals surface area contributed by atoms with Gasteiger partial charge in [-0.25, -0.2) is 4.98 Å². The number of nitrogens with zero attached hydrogens (tertiary/aromatic N) is 2. The molecule has 1 aromatic carbocycles. The molecule has 2 N–H and O–H groups in total. The van der Waals surface area contributed by atoms with Crippen molar-refractivity contribution < 1.29 is 9.59 Å². The highest BCUT2D eigenvalue weighted by Crippen LogP contribution is 2.21. The molecule has 0 unspecified atom stereocenters. The van der Waals surface area contributed by atoms with Crippen molar-refractivity contribution in [3.05, 3.63) is 89.0 Å². The number of anilines is 1. The summed E-state index contributed by atoms with van der Waals surface area (Å²) in [7, 11) is 0. The van der Waals surface area contributed by atoms with Crippen molar-refractivity contribution in [3.8, 4) is 0 Å². The summed E-state index contributed by atoms with van der Waals surface area (Å²) in [5.74, 6) is -0.676. The number of benzene rings is 1. The number of amides is 2. The third kappa shape index (κ3) is 4.59. The van der Waals surface area contributed by atoms with E-state index in [-0.39, 0.29) is 23.2 Å². The fourth-order valence-electron chi connectivity index (χ4n) is 2.84. The lowest BCUT2D eigenvalue weighted by molar-refractivity contribution is 0.0945. The van der Waals surface area contributed by atoms with Crippen molar-refractivity contribution in [2.24, 2.45) is 0 Å². The lowest BCUT2D eigenvalue weighted by Crippen LogP contribution is -2.25. The Hall–Kier alpha value is -3.54.